The smallest absolute Gasteiger partial charge is 0.308 e. The van der Waals surface area contributed by atoms with Crippen LogP contribution in [0.4, 0.5) is 0 Å². The van der Waals surface area contributed by atoms with E-state index in [1.54, 1.807) is 11.1 Å². The van der Waals surface area contributed by atoms with E-state index < -0.39 is 11.9 Å². The molecule has 1 aliphatic heterocycles. The number of aliphatic carboxylic acids is 1. The summed E-state index contributed by atoms with van der Waals surface area (Å²) in [5.74, 6) is -0.554. The second-order valence-electron chi connectivity index (χ2n) is 6.98. The lowest BCUT2D eigenvalue weighted by Gasteiger charge is -2.18. The van der Waals surface area contributed by atoms with Gasteiger partial charge in [-0.05, 0) is 31.4 Å². The Bertz CT molecular complexity index is 799. The first-order valence-corrected chi connectivity index (χ1v) is 9.01. The third kappa shape index (κ3) is 3.79. The average molecular weight is 355 g/mol. The fraction of sp³-hybridized carbons (Fsp3) is 0.450. The van der Waals surface area contributed by atoms with E-state index in [2.05, 4.69) is 4.98 Å². The van der Waals surface area contributed by atoms with Gasteiger partial charge in [-0.15, -0.1) is 0 Å². The number of aromatic nitrogens is 2. The highest BCUT2D eigenvalue weighted by molar-refractivity contribution is 5.79. The number of nitrogens with zero attached hydrogens (tertiary/aromatic N) is 3. The third-order valence-corrected chi connectivity index (χ3v) is 5.29. The van der Waals surface area contributed by atoms with E-state index in [1.807, 2.05) is 48.9 Å². The number of carboxylic acid groups (broad SMARTS) is 1. The molecule has 0 unspecified atom stereocenters. The molecule has 26 heavy (non-hydrogen) atoms. The number of aryl methyl sites for hydroxylation is 3. The highest BCUT2D eigenvalue weighted by atomic mass is 16.4. The number of benzene rings is 1. The van der Waals surface area contributed by atoms with Gasteiger partial charge in [0.15, 0.2) is 0 Å². The van der Waals surface area contributed by atoms with E-state index in [9.17, 15) is 14.7 Å². The second-order valence-corrected chi connectivity index (χ2v) is 6.98. The molecular weight excluding hydrogens is 330 g/mol. The zero-order chi connectivity index (χ0) is 18.7. The van der Waals surface area contributed by atoms with E-state index in [4.69, 9.17) is 0 Å². The Labute approximate surface area is 153 Å². The quantitative estimate of drug-likeness (QED) is 0.864. The first-order chi connectivity index (χ1) is 12.5. The minimum atomic E-state index is -0.831. The Balaban J connectivity index is 1.63. The third-order valence-electron chi connectivity index (χ3n) is 5.29. The second kappa shape index (κ2) is 7.72. The van der Waals surface area contributed by atoms with Crippen LogP contribution in [-0.2, 0) is 16.1 Å². The zero-order valence-corrected chi connectivity index (χ0v) is 15.3. The number of imidazole rings is 1. The van der Waals surface area contributed by atoms with Gasteiger partial charge in [0, 0.05) is 44.4 Å². The Morgan fingerprint density at radius 2 is 2.00 bits per heavy atom. The molecule has 2 heterocycles. The number of carboxylic acids is 1. The minimum Gasteiger partial charge on any atom is -0.481 e. The van der Waals surface area contributed by atoms with Crippen LogP contribution < -0.4 is 0 Å². The van der Waals surface area contributed by atoms with E-state index in [0.29, 0.717) is 13.0 Å². The van der Waals surface area contributed by atoms with Crippen molar-refractivity contribution in [2.45, 2.75) is 39.2 Å². The Morgan fingerprint density at radius 1 is 1.23 bits per heavy atom. The van der Waals surface area contributed by atoms with Crippen LogP contribution in [0.1, 0.15) is 35.7 Å². The maximum atomic E-state index is 12.6. The lowest BCUT2D eigenvalue weighted by atomic mass is 9.86. The van der Waals surface area contributed by atoms with Crippen molar-refractivity contribution < 1.29 is 14.7 Å². The molecule has 1 N–H and O–H groups in total. The number of rotatable bonds is 6. The summed E-state index contributed by atoms with van der Waals surface area (Å²) in [7, 11) is 0. The van der Waals surface area contributed by atoms with Crippen molar-refractivity contribution in [2.24, 2.45) is 5.92 Å². The monoisotopic (exact) mass is 355 g/mol. The Hall–Kier alpha value is -2.63. The van der Waals surface area contributed by atoms with Crippen molar-refractivity contribution in [1.82, 2.24) is 14.5 Å². The summed E-state index contributed by atoms with van der Waals surface area (Å²) in [6, 6.07) is 7.85. The molecule has 1 saturated heterocycles. The minimum absolute atomic E-state index is 0.0325. The number of likely N-dealkylation sites (tertiary alicyclic amines) is 1. The first-order valence-electron chi connectivity index (χ1n) is 9.01. The molecule has 0 bridgehead atoms. The van der Waals surface area contributed by atoms with Crippen LogP contribution in [0.3, 0.4) is 0 Å². The number of amides is 1. The molecule has 6 nitrogen and oxygen atoms in total. The Morgan fingerprint density at radius 3 is 2.65 bits per heavy atom. The molecule has 0 radical (unpaired) electrons. The number of carbonyl (C=O) groups is 2. The SMILES string of the molecule is Cc1ccccc1[C@@H]1CN(C(=O)CCCn2ccnc2C)C[C@H]1C(=O)O. The van der Waals surface area contributed by atoms with E-state index in [0.717, 1.165) is 29.9 Å². The summed E-state index contributed by atoms with van der Waals surface area (Å²) in [4.78, 5) is 30.2. The van der Waals surface area contributed by atoms with Gasteiger partial charge in [0.25, 0.3) is 0 Å². The predicted molar refractivity (Wildman–Crippen MR) is 97.8 cm³/mol. The largest absolute Gasteiger partial charge is 0.481 e. The van der Waals surface area contributed by atoms with Gasteiger partial charge >= 0.3 is 5.97 Å². The van der Waals surface area contributed by atoms with Crippen molar-refractivity contribution in [2.75, 3.05) is 13.1 Å². The van der Waals surface area contributed by atoms with Gasteiger partial charge in [-0.1, -0.05) is 24.3 Å². The van der Waals surface area contributed by atoms with E-state index in [1.165, 1.54) is 0 Å². The van der Waals surface area contributed by atoms with Crippen molar-refractivity contribution in [3.8, 4) is 0 Å². The molecule has 1 aromatic carbocycles. The normalized spacial score (nSPS) is 19.7. The molecule has 1 amide bonds. The molecule has 1 aliphatic rings. The summed E-state index contributed by atoms with van der Waals surface area (Å²) < 4.78 is 2.02. The topological polar surface area (TPSA) is 75.4 Å². The summed E-state index contributed by atoms with van der Waals surface area (Å²) in [6.45, 7) is 5.44. The molecular formula is C20H25N3O3. The maximum Gasteiger partial charge on any atom is 0.308 e. The lowest BCUT2D eigenvalue weighted by molar-refractivity contribution is -0.141. The van der Waals surface area contributed by atoms with Gasteiger partial charge in [0.1, 0.15) is 5.82 Å². The molecule has 2 aromatic rings. The van der Waals surface area contributed by atoms with Crippen LogP contribution in [0.5, 0.6) is 0 Å². The molecule has 3 rings (SSSR count). The van der Waals surface area contributed by atoms with Gasteiger partial charge in [0.05, 0.1) is 5.92 Å². The summed E-state index contributed by atoms with van der Waals surface area (Å²) in [5, 5.41) is 9.62. The van der Waals surface area contributed by atoms with Crippen molar-refractivity contribution in [3.05, 3.63) is 53.6 Å². The first kappa shape index (κ1) is 18.2. The van der Waals surface area contributed by atoms with Gasteiger partial charge in [-0.3, -0.25) is 9.59 Å². The predicted octanol–water partition coefficient (Wildman–Crippen LogP) is 2.61. The van der Waals surface area contributed by atoms with E-state index >= 15 is 0 Å². The number of hydrogen-bond donors (Lipinski definition) is 1. The van der Waals surface area contributed by atoms with Crippen LogP contribution >= 0.6 is 0 Å². The summed E-state index contributed by atoms with van der Waals surface area (Å²) >= 11 is 0. The molecule has 0 aliphatic carbocycles. The molecule has 2 atom stereocenters. The van der Waals surface area contributed by atoms with Crippen LogP contribution in [0, 0.1) is 19.8 Å². The van der Waals surface area contributed by atoms with Gasteiger partial charge in [0.2, 0.25) is 5.91 Å². The standard InChI is InChI=1S/C20H25N3O3/c1-14-6-3-4-7-16(14)17-12-23(13-18(17)20(25)26)19(24)8-5-10-22-11-9-21-15(22)2/h3-4,6-7,9,11,17-18H,5,8,10,12-13H2,1-2H3,(H,25,26)/t17-,18+/m0/s1. The van der Waals surface area contributed by atoms with Gasteiger partial charge in [-0.2, -0.15) is 0 Å². The maximum absolute atomic E-state index is 12.6. The zero-order valence-electron chi connectivity index (χ0n) is 15.3. The van der Waals surface area contributed by atoms with Gasteiger partial charge < -0.3 is 14.6 Å². The summed E-state index contributed by atoms with van der Waals surface area (Å²) in [5.41, 5.74) is 2.11. The van der Waals surface area contributed by atoms with Crippen LogP contribution in [-0.4, -0.2) is 44.5 Å². The van der Waals surface area contributed by atoms with Crippen molar-refractivity contribution >= 4 is 11.9 Å². The molecule has 0 spiro atoms. The Kier molecular flexibility index (Phi) is 5.40. The van der Waals surface area contributed by atoms with Crippen LogP contribution in [0.2, 0.25) is 0 Å². The van der Waals surface area contributed by atoms with E-state index in [-0.39, 0.29) is 18.4 Å². The van der Waals surface area contributed by atoms with Crippen LogP contribution in [0.15, 0.2) is 36.7 Å². The lowest BCUT2D eigenvalue weighted by Crippen LogP contribution is -2.29. The molecule has 6 heteroatoms. The fourth-order valence-corrected chi connectivity index (χ4v) is 3.77. The summed E-state index contributed by atoms with van der Waals surface area (Å²) in [6.07, 6.45) is 4.80. The van der Waals surface area contributed by atoms with Crippen molar-refractivity contribution in [1.29, 1.82) is 0 Å². The van der Waals surface area contributed by atoms with Gasteiger partial charge in [-0.25, -0.2) is 4.98 Å². The highest BCUT2D eigenvalue weighted by Gasteiger charge is 2.40. The number of carbonyl (C=O) groups excluding carboxylic acids is 1. The average Bonchev–Trinajstić information content (AvgIpc) is 3.22. The highest BCUT2D eigenvalue weighted by Crippen LogP contribution is 2.34. The molecule has 1 fully saturated rings. The fourth-order valence-electron chi connectivity index (χ4n) is 3.77. The van der Waals surface area contributed by atoms with Crippen molar-refractivity contribution in [3.63, 3.8) is 0 Å². The molecule has 0 saturated carbocycles. The molecule has 1 aromatic heterocycles. The van der Waals surface area contributed by atoms with Crippen LogP contribution in [0.25, 0.3) is 0 Å². The number of hydrogen-bond acceptors (Lipinski definition) is 3. The molecule has 138 valence electrons.